The van der Waals surface area contributed by atoms with Crippen molar-refractivity contribution in [1.82, 2.24) is 15.3 Å². The van der Waals surface area contributed by atoms with E-state index in [0.717, 1.165) is 17.1 Å². The van der Waals surface area contributed by atoms with Crippen molar-refractivity contribution in [2.75, 3.05) is 14.2 Å². The Morgan fingerprint density at radius 3 is 2.67 bits per heavy atom. The highest BCUT2D eigenvalue weighted by Crippen LogP contribution is 2.32. The van der Waals surface area contributed by atoms with Gasteiger partial charge in [-0.1, -0.05) is 6.07 Å². The van der Waals surface area contributed by atoms with E-state index in [4.69, 9.17) is 4.74 Å². The first kappa shape index (κ1) is 12.6. The maximum absolute atomic E-state index is 5.51. The summed E-state index contributed by atoms with van der Waals surface area (Å²) >= 11 is 0. The second-order valence-electron chi connectivity index (χ2n) is 4.39. The number of aromatic nitrogens is 2. The quantitative estimate of drug-likeness (QED) is 0.869. The molecule has 4 nitrogen and oxygen atoms in total. The topological polar surface area (TPSA) is 49.9 Å². The van der Waals surface area contributed by atoms with Crippen LogP contribution < -0.4 is 10.1 Å². The highest BCUT2D eigenvalue weighted by Gasteiger charge is 2.21. The van der Waals surface area contributed by atoms with Crippen molar-refractivity contribution in [3.05, 3.63) is 47.0 Å². The number of ether oxygens (including phenoxy) is 1. The molecule has 0 radical (unpaired) electrons. The van der Waals surface area contributed by atoms with Gasteiger partial charge in [-0.05, 0) is 38.1 Å². The lowest BCUT2D eigenvalue weighted by Crippen LogP contribution is -2.21. The third-order valence-electron chi connectivity index (χ3n) is 3.08. The monoisotopic (exact) mass is 245 g/mol. The maximum Gasteiger partial charge on any atom is 0.127 e. The summed E-state index contributed by atoms with van der Waals surface area (Å²) in [5.41, 5.74) is 3.52. The predicted octanol–water partition coefficient (Wildman–Crippen LogP) is 2.34. The maximum atomic E-state index is 5.51. The summed E-state index contributed by atoms with van der Waals surface area (Å²) in [4.78, 5) is 7.48. The normalized spacial score (nSPS) is 12.4. The summed E-state index contributed by atoms with van der Waals surface area (Å²) in [7, 11) is 3.62. The third kappa shape index (κ3) is 2.24. The number of rotatable bonds is 4. The predicted molar refractivity (Wildman–Crippen MR) is 72.0 cm³/mol. The number of aromatic amines is 1. The molecule has 2 N–H and O–H groups in total. The molecule has 1 heterocycles. The summed E-state index contributed by atoms with van der Waals surface area (Å²) in [6.07, 6.45) is 3.59. The van der Waals surface area contributed by atoms with E-state index < -0.39 is 0 Å². The van der Waals surface area contributed by atoms with Gasteiger partial charge in [0.25, 0.3) is 0 Å². The van der Waals surface area contributed by atoms with E-state index in [-0.39, 0.29) is 6.04 Å². The van der Waals surface area contributed by atoms with Crippen molar-refractivity contribution < 1.29 is 4.74 Å². The highest BCUT2D eigenvalue weighted by atomic mass is 16.5. The molecule has 1 aromatic carbocycles. The van der Waals surface area contributed by atoms with Crippen LogP contribution in [-0.2, 0) is 0 Å². The number of aryl methyl sites for hydroxylation is 2. The van der Waals surface area contributed by atoms with Crippen molar-refractivity contribution in [3.8, 4) is 5.75 Å². The fraction of sp³-hybridized carbons (Fsp3) is 0.357. The number of H-pyrrole nitrogens is 1. The molecule has 0 aliphatic rings. The van der Waals surface area contributed by atoms with Gasteiger partial charge < -0.3 is 15.0 Å². The van der Waals surface area contributed by atoms with E-state index >= 15 is 0 Å². The van der Waals surface area contributed by atoms with Gasteiger partial charge in [-0.15, -0.1) is 0 Å². The minimum Gasteiger partial charge on any atom is -0.496 e. The third-order valence-corrected chi connectivity index (χ3v) is 3.08. The van der Waals surface area contributed by atoms with Gasteiger partial charge in [-0.25, -0.2) is 4.98 Å². The van der Waals surface area contributed by atoms with Crippen LogP contribution in [0.25, 0.3) is 0 Å². The molecule has 1 unspecified atom stereocenters. The molecular formula is C14H19N3O. The Hall–Kier alpha value is -1.81. The number of benzene rings is 1. The summed E-state index contributed by atoms with van der Waals surface area (Å²) in [5.74, 6) is 1.78. The largest absolute Gasteiger partial charge is 0.496 e. The number of nitrogens with zero attached hydrogens (tertiary/aromatic N) is 1. The summed E-state index contributed by atoms with van der Waals surface area (Å²) < 4.78 is 5.51. The minimum atomic E-state index is 0.00977. The molecule has 1 aromatic heterocycles. The molecule has 0 aliphatic carbocycles. The molecule has 0 saturated carbocycles. The van der Waals surface area contributed by atoms with Gasteiger partial charge in [-0.3, -0.25) is 0 Å². The zero-order valence-electron chi connectivity index (χ0n) is 11.2. The van der Waals surface area contributed by atoms with E-state index in [0.29, 0.717) is 0 Å². The van der Waals surface area contributed by atoms with Crippen molar-refractivity contribution in [2.24, 2.45) is 0 Å². The summed E-state index contributed by atoms with van der Waals surface area (Å²) in [6.45, 7) is 4.17. The van der Waals surface area contributed by atoms with Gasteiger partial charge in [0.2, 0.25) is 0 Å². The molecule has 18 heavy (non-hydrogen) atoms. The van der Waals surface area contributed by atoms with Crippen molar-refractivity contribution >= 4 is 0 Å². The standard InChI is InChI=1S/C14H19N3O/c1-9-7-10(2)12(11(8-9)18-4)13(15-3)14-16-5-6-17-14/h5-8,13,15H,1-4H3,(H,16,17). The smallest absolute Gasteiger partial charge is 0.127 e. The van der Waals surface area contributed by atoms with E-state index in [1.807, 2.05) is 13.2 Å². The van der Waals surface area contributed by atoms with Gasteiger partial charge in [0.05, 0.1) is 13.2 Å². The fourth-order valence-corrected chi connectivity index (χ4v) is 2.33. The molecule has 0 amide bonds. The molecule has 0 bridgehead atoms. The van der Waals surface area contributed by atoms with Gasteiger partial charge in [0, 0.05) is 18.0 Å². The van der Waals surface area contributed by atoms with Gasteiger partial charge in [0.1, 0.15) is 11.6 Å². The Morgan fingerprint density at radius 1 is 1.33 bits per heavy atom. The molecule has 2 aromatic rings. The van der Waals surface area contributed by atoms with E-state index in [2.05, 4.69) is 41.3 Å². The Kier molecular flexibility index (Phi) is 3.67. The molecule has 1 atom stereocenters. The number of hydrogen-bond acceptors (Lipinski definition) is 3. The first-order valence-corrected chi connectivity index (χ1v) is 5.99. The lowest BCUT2D eigenvalue weighted by atomic mass is 9.97. The Labute approximate surface area is 107 Å². The lowest BCUT2D eigenvalue weighted by molar-refractivity contribution is 0.403. The van der Waals surface area contributed by atoms with E-state index in [9.17, 15) is 0 Å². The molecule has 0 spiro atoms. The van der Waals surface area contributed by atoms with E-state index in [1.165, 1.54) is 11.1 Å². The lowest BCUT2D eigenvalue weighted by Gasteiger charge is -2.20. The molecule has 4 heteroatoms. The van der Waals surface area contributed by atoms with Gasteiger partial charge >= 0.3 is 0 Å². The SMILES string of the molecule is CNC(c1ncc[nH]1)c1c(C)cc(C)cc1OC. The molecule has 0 fully saturated rings. The highest BCUT2D eigenvalue weighted by molar-refractivity contribution is 5.47. The van der Waals surface area contributed by atoms with Crippen LogP contribution in [0.4, 0.5) is 0 Å². The van der Waals surface area contributed by atoms with Crippen LogP contribution in [0.1, 0.15) is 28.6 Å². The average molecular weight is 245 g/mol. The average Bonchev–Trinajstić information content (AvgIpc) is 2.85. The van der Waals surface area contributed by atoms with Gasteiger partial charge in [0.15, 0.2) is 0 Å². The van der Waals surface area contributed by atoms with Crippen LogP contribution in [0.3, 0.4) is 0 Å². The Balaban J connectivity index is 2.55. The summed E-state index contributed by atoms with van der Waals surface area (Å²) in [5, 5.41) is 3.28. The number of methoxy groups -OCH3 is 1. The molecular weight excluding hydrogens is 226 g/mol. The van der Waals surface area contributed by atoms with Gasteiger partial charge in [-0.2, -0.15) is 0 Å². The van der Waals surface area contributed by atoms with Crippen molar-refractivity contribution in [1.29, 1.82) is 0 Å². The van der Waals surface area contributed by atoms with Crippen molar-refractivity contribution in [2.45, 2.75) is 19.9 Å². The van der Waals surface area contributed by atoms with Crippen LogP contribution in [0, 0.1) is 13.8 Å². The molecule has 0 saturated heterocycles. The van der Waals surface area contributed by atoms with Crippen LogP contribution in [0.15, 0.2) is 24.5 Å². The zero-order valence-corrected chi connectivity index (χ0v) is 11.2. The number of imidazole rings is 1. The van der Waals surface area contributed by atoms with Crippen LogP contribution in [0.5, 0.6) is 5.75 Å². The second kappa shape index (κ2) is 5.23. The Morgan fingerprint density at radius 2 is 2.11 bits per heavy atom. The zero-order chi connectivity index (χ0) is 13.1. The number of hydrogen-bond donors (Lipinski definition) is 2. The van der Waals surface area contributed by atoms with E-state index in [1.54, 1.807) is 13.3 Å². The van der Waals surface area contributed by atoms with Crippen LogP contribution >= 0.6 is 0 Å². The first-order chi connectivity index (χ1) is 8.67. The second-order valence-corrected chi connectivity index (χ2v) is 4.39. The molecule has 0 aliphatic heterocycles. The van der Waals surface area contributed by atoms with Crippen LogP contribution in [0.2, 0.25) is 0 Å². The molecule has 96 valence electrons. The Bertz CT molecular complexity index is 520. The van der Waals surface area contributed by atoms with Crippen LogP contribution in [-0.4, -0.2) is 24.1 Å². The fourth-order valence-electron chi connectivity index (χ4n) is 2.33. The molecule has 2 rings (SSSR count). The summed E-state index contributed by atoms with van der Waals surface area (Å²) in [6, 6.07) is 4.22. The minimum absolute atomic E-state index is 0.00977. The van der Waals surface area contributed by atoms with Crippen molar-refractivity contribution in [3.63, 3.8) is 0 Å². The first-order valence-electron chi connectivity index (χ1n) is 5.99. The number of nitrogens with one attached hydrogen (secondary N) is 2.